The lowest BCUT2D eigenvalue weighted by atomic mass is 10.1. The van der Waals surface area contributed by atoms with Crippen LogP contribution in [0.1, 0.15) is 15.9 Å². The molecule has 0 amide bonds. The third-order valence-electron chi connectivity index (χ3n) is 2.54. The molecule has 2 rings (SSSR count). The van der Waals surface area contributed by atoms with E-state index in [2.05, 4.69) is 0 Å². The maximum atomic E-state index is 10.8. The van der Waals surface area contributed by atoms with E-state index in [4.69, 9.17) is 4.74 Å². The first-order chi connectivity index (χ1) is 9.20. The molecule has 0 unspecified atom stereocenters. The SMILES string of the molecule is O=Cc1cccc(COc2ccccc2[N+](=O)[O-])c1. The summed E-state index contributed by atoms with van der Waals surface area (Å²) < 4.78 is 5.43. The van der Waals surface area contributed by atoms with Gasteiger partial charge in [0.15, 0.2) is 5.75 Å². The number of carbonyl (C=O) groups is 1. The van der Waals surface area contributed by atoms with Crippen molar-refractivity contribution in [3.05, 3.63) is 69.8 Å². The lowest BCUT2D eigenvalue weighted by Gasteiger charge is -2.06. The molecule has 0 atom stereocenters. The lowest BCUT2D eigenvalue weighted by Crippen LogP contribution is -1.99. The zero-order valence-electron chi connectivity index (χ0n) is 9.98. The van der Waals surface area contributed by atoms with E-state index in [-0.39, 0.29) is 18.0 Å². The Hall–Kier alpha value is -2.69. The maximum absolute atomic E-state index is 10.8. The van der Waals surface area contributed by atoms with Crippen molar-refractivity contribution < 1.29 is 14.5 Å². The van der Waals surface area contributed by atoms with Crippen LogP contribution in [-0.4, -0.2) is 11.2 Å². The molecular formula is C14H11NO4. The van der Waals surface area contributed by atoms with Gasteiger partial charge in [0.05, 0.1) is 4.92 Å². The van der Waals surface area contributed by atoms with Gasteiger partial charge >= 0.3 is 5.69 Å². The Morgan fingerprint density at radius 2 is 1.95 bits per heavy atom. The average molecular weight is 257 g/mol. The highest BCUT2D eigenvalue weighted by Gasteiger charge is 2.13. The van der Waals surface area contributed by atoms with Crippen LogP contribution in [-0.2, 0) is 6.61 Å². The first-order valence-electron chi connectivity index (χ1n) is 5.61. The van der Waals surface area contributed by atoms with E-state index in [1.165, 1.54) is 6.07 Å². The standard InChI is InChI=1S/C14H11NO4/c16-9-11-4-3-5-12(8-11)10-19-14-7-2-1-6-13(14)15(17)18/h1-9H,10H2. The van der Waals surface area contributed by atoms with E-state index < -0.39 is 4.92 Å². The second kappa shape index (κ2) is 5.77. The molecule has 0 bridgehead atoms. The Morgan fingerprint density at radius 1 is 1.16 bits per heavy atom. The van der Waals surface area contributed by atoms with Gasteiger partial charge in [-0.2, -0.15) is 0 Å². The lowest BCUT2D eigenvalue weighted by molar-refractivity contribution is -0.385. The van der Waals surface area contributed by atoms with Crippen molar-refractivity contribution in [2.24, 2.45) is 0 Å². The third-order valence-corrected chi connectivity index (χ3v) is 2.54. The molecule has 19 heavy (non-hydrogen) atoms. The molecule has 0 saturated heterocycles. The van der Waals surface area contributed by atoms with Crippen molar-refractivity contribution >= 4 is 12.0 Å². The largest absolute Gasteiger partial charge is 0.482 e. The molecular weight excluding hydrogens is 246 g/mol. The number of ether oxygens (including phenoxy) is 1. The summed E-state index contributed by atoms with van der Waals surface area (Å²) in [7, 11) is 0. The van der Waals surface area contributed by atoms with Crippen LogP contribution in [0.4, 0.5) is 5.69 Å². The summed E-state index contributed by atoms with van der Waals surface area (Å²) in [6.07, 6.45) is 0.745. The Kier molecular flexibility index (Phi) is 3.87. The van der Waals surface area contributed by atoms with E-state index in [1.54, 1.807) is 42.5 Å². The van der Waals surface area contributed by atoms with E-state index in [0.29, 0.717) is 5.56 Å². The van der Waals surface area contributed by atoms with Gasteiger partial charge in [0, 0.05) is 11.6 Å². The van der Waals surface area contributed by atoms with Crippen LogP contribution in [0.15, 0.2) is 48.5 Å². The molecule has 0 heterocycles. The molecule has 0 fully saturated rings. The summed E-state index contributed by atoms with van der Waals surface area (Å²) >= 11 is 0. The summed E-state index contributed by atoms with van der Waals surface area (Å²) in [6, 6.07) is 13.1. The van der Waals surface area contributed by atoms with Gasteiger partial charge in [-0.05, 0) is 17.7 Å². The van der Waals surface area contributed by atoms with Crippen molar-refractivity contribution in [2.75, 3.05) is 0 Å². The summed E-state index contributed by atoms with van der Waals surface area (Å²) in [4.78, 5) is 21.0. The number of hydrogen-bond acceptors (Lipinski definition) is 4. The minimum Gasteiger partial charge on any atom is -0.482 e. The smallest absolute Gasteiger partial charge is 0.310 e. The Morgan fingerprint density at radius 3 is 2.68 bits per heavy atom. The van der Waals surface area contributed by atoms with Crippen LogP contribution >= 0.6 is 0 Å². The first kappa shape index (κ1) is 12.8. The second-order valence-corrected chi connectivity index (χ2v) is 3.88. The molecule has 0 N–H and O–H groups in total. The summed E-state index contributed by atoms with van der Waals surface area (Å²) in [5.41, 5.74) is 1.25. The molecule has 0 aromatic heterocycles. The normalized spacial score (nSPS) is 9.89. The zero-order chi connectivity index (χ0) is 13.7. The minimum atomic E-state index is -0.489. The van der Waals surface area contributed by atoms with E-state index in [0.717, 1.165) is 11.8 Å². The molecule has 5 nitrogen and oxygen atoms in total. The monoisotopic (exact) mass is 257 g/mol. The molecule has 2 aromatic rings. The number of nitro groups is 1. The molecule has 0 aliphatic rings. The van der Waals surface area contributed by atoms with Crippen molar-refractivity contribution in [1.29, 1.82) is 0 Å². The number of nitro benzene ring substituents is 1. The fourth-order valence-electron chi connectivity index (χ4n) is 1.65. The molecule has 96 valence electrons. The van der Waals surface area contributed by atoms with Gasteiger partial charge in [-0.3, -0.25) is 14.9 Å². The van der Waals surface area contributed by atoms with Gasteiger partial charge in [-0.25, -0.2) is 0 Å². The highest BCUT2D eigenvalue weighted by molar-refractivity contribution is 5.74. The van der Waals surface area contributed by atoms with Gasteiger partial charge in [0.25, 0.3) is 0 Å². The summed E-state index contributed by atoms with van der Waals surface area (Å²) in [5, 5.41) is 10.8. The fraction of sp³-hybridized carbons (Fsp3) is 0.0714. The van der Waals surface area contributed by atoms with Crippen LogP contribution < -0.4 is 4.74 Å². The highest BCUT2D eigenvalue weighted by atomic mass is 16.6. The number of hydrogen-bond donors (Lipinski definition) is 0. The van der Waals surface area contributed by atoms with E-state index >= 15 is 0 Å². The molecule has 0 aliphatic heterocycles. The second-order valence-electron chi connectivity index (χ2n) is 3.88. The van der Waals surface area contributed by atoms with Crippen molar-refractivity contribution in [1.82, 2.24) is 0 Å². The Balaban J connectivity index is 2.14. The molecule has 0 aliphatic carbocycles. The average Bonchev–Trinajstić information content (AvgIpc) is 2.45. The highest BCUT2D eigenvalue weighted by Crippen LogP contribution is 2.26. The third kappa shape index (κ3) is 3.16. The van der Waals surface area contributed by atoms with Crippen molar-refractivity contribution in [2.45, 2.75) is 6.61 Å². The number of carbonyl (C=O) groups excluding carboxylic acids is 1. The zero-order valence-corrected chi connectivity index (χ0v) is 9.98. The van der Waals surface area contributed by atoms with Crippen LogP contribution in [0.2, 0.25) is 0 Å². The molecule has 0 radical (unpaired) electrons. The van der Waals surface area contributed by atoms with Crippen LogP contribution in [0.3, 0.4) is 0 Å². The minimum absolute atomic E-state index is 0.0750. The number of para-hydroxylation sites is 2. The Bertz CT molecular complexity index is 610. The number of benzene rings is 2. The number of nitrogens with zero attached hydrogens (tertiary/aromatic N) is 1. The van der Waals surface area contributed by atoms with Crippen molar-refractivity contribution in [3.63, 3.8) is 0 Å². The van der Waals surface area contributed by atoms with Gasteiger partial charge in [0.2, 0.25) is 0 Å². The molecule has 2 aromatic carbocycles. The predicted molar refractivity (Wildman–Crippen MR) is 69.3 cm³/mol. The van der Waals surface area contributed by atoms with Crippen LogP contribution in [0.25, 0.3) is 0 Å². The quantitative estimate of drug-likeness (QED) is 0.469. The van der Waals surface area contributed by atoms with Crippen LogP contribution in [0.5, 0.6) is 5.75 Å². The topological polar surface area (TPSA) is 69.4 Å². The van der Waals surface area contributed by atoms with Gasteiger partial charge in [-0.15, -0.1) is 0 Å². The van der Waals surface area contributed by atoms with Gasteiger partial charge in [-0.1, -0.05) is 30.3 Å². The Labute approximate surface area is 109 Å². The van der Waals surface area contributed by atoms with Crippen LogP contribution in [0, 0.1) is 10.1 Å². The number of rotatable bonds is 5. The fourth-order valence-corrected chi connectivity index (χ4v) is 1.65. The molecule has 5 heteroatoms. The molecule has 0 saturated carbocycles. The summed E-state index contributed by atoms with van der Waals surface area (Å²) in [6.45, 7) is 0.173. The van der Waals surface area contributed by atoms with Gasteiger partial charge in [0.1, 0.15) is 12.9 Å². The van der Waals surface area contributed by atoms with Gasteiger partial charge < -0.3 is 4.74 Å². The number of aldehydes is 1. The van der Waals surface area contributed by atoms with Crippen molar-refractivity contribution in [3.8, 4) is 5.75 Å². The van der Waals surface area contributed by atoms with E-state index in [1.807, 2.05) is 0 Å². The first-order valence-corrected chi connectivity index (χ1v) is 5.61. The molecule has 0 spiro atoms. The maximum Gasteiger partial charge on any atom is 0.310 e. The van der Waals surface area contributed by atoms with E-state index in [9.17, 15) is 14.9 Å². The summed E-state index contributed by atoms with van der Waals surface area (Å²) in [5.74, 6) is 0.212. The predicted octanol–water partition coefficient (Wildman–Crippen LogP) is 2.99.